The lowest BCUT2D eigenvalue weighted by Gasteiger charge is -2.12. The van der Waals surface area contributed by atoms with E-state index in [1.54, 1.807) is 0 Å². The van der Waals surface area contributed by atoms with E-state index in [2.05, 4.69) is 15.3 Å². The van der Waals surface area contributed by atoms with Crippen LogP contribution in [0.4, 0.5) is 5.82 Å². The molecular formula is C12H19N3OS. The summed E-state index contributed by atoms with van der Waals surface area (Å²) in [6.45, 7) is 4.96. The first-order valence-corrected chi connectivity index (χ1v) is 7.23. The van der Waals surface area contributed by atoms with E-state index in [1.807, 2.05) is 25.6 Å². The summed E-state index contributed by atoms with van der Waals surface area (Å²) in [5.74, 6) is 4.88. The molecule has 1 fully saturated rings. The highest BCUT2D eigenvalue weighted by Gasteiger charge is 2.15. The molecular weight excluding hydrogens is 234 g/mol. The van der Waals surface area contributed by atoms with Crippen LogP contribution in [0.5, 0.6) is 0 Å². The molecule has 94 valence electrons. The predicted molar refractivity (Wildman–Crippen MR) is 72.9 cm³/mol. The molecule has 1 aliphatic rings. The zero-order valence-electron chi connectivity index (χ0n) is 10.3. The van der Waals surface area contributed by atoms with Crippen LogP contribution in [0.2, 0.25) is 0 Å². The summed E-state index contributed by atoms with van der Waals surface area (Å²) in [7, 11) is 0. The quantitative estimate of drug-likeness (QED) is 0.862. The maximum absolute atomic E-state index is 11.5. The van der Waals surface area contributed by atoms with Gasteiger partial charge in [-0.15, -0.1) is 0 Å². The maximum Gasteiger partial charge on any atom is 0.252 e. The van der Waals surface area contributed by atoms with E-state index >= 15 is 0 Å². The first kappa shape index (κ1) is 12.5. The second-order valence-corrected chi connectivity index (χ2v) is 5.93. The lowest BCUT2D eigenvalue weighted by molar-refractivity contribution is 0.629. The Morgan fingerprint density at radius 2 is 2.47 bits per heavy atom. The van der Waals surface area contributed by atoms with E-state index in [0.29, 0.717) is 11.7 Å². The summed E-state index contributed by atoms with van der Waals surface area (Å²) < 4.78 is 0. The van der Waals surface area contributed by atoms with Crippen molar-refractivity contribution < 1.29 is 0 Å². The second kappa shape index (κ2) is 5.58. The fraction of sp³-hybridized carbons (Fsp3) is 0.667. The number of aromatic amines is 1. The maximum atomic E-state index is 11.5. The summed E-state index contributed by atoms with van der Waals surface area (Å²) in [5, 5.41) is 3.28. The first-order valence-electron chi connectivity index (χ1n) is 6.08. The molecule has 2 N–H and O–H groups in total. The average molecular weight is 253 g/mol. The van der Waals surface area contributed by atoms with Crippen molar-refractivity contribution in [3.8, 4) is 0 Å². The van der Waals surface area contributed by atoms with Crippen molar-refractivity contribution in [3.05, 3.63) is 22.2 Å². The van der Waals surface area contributed by atoms with Crippen molar-refractivity contribution in [2.24, 2.45) is 5.92 Å². The molecule has 0 saturated carbocycles. The minimum Gasteiger partial charge on any atom is -0.370 e. The van der Waals surface area contributed by atoms with Crippen LogP contribution in [0.15, 0.2) is 10.9 Å². The van der Waals surface area contributed by atoms with E-state index in [0.717, 1.165) is 12.4 Å². The lowest BCUT2D eigenvalue weighted by atomic mass is 10.1. The van der Waals surface area contributed by atoms with E-state index in [4.69, 9.17) is 0 Å². The largest absolute Gasteiger partial charge is 0.370 e. The van der Waals surface area contributed by atoms with Crippen LogP contribution in [0.3, 0.4) is 0 Å². The van der Waals surface area contributed by atoms with Gasteiger partial charge < -0.3 is 10.3 Å². The zero-order chi connectivity index (χ0) is 12.3. The molecule has 1 aromatic heterocycles. The van der Waals surface area contributed by atoms with E-state index in [9.17, 15) is 4.79 Å². The SMILES string of the molecule is CC(C)c1nc(NCC2CCSC2)cc(=O)[nH]1. The van der Waals surface area contributed by atoms with Gasteiger partial charge in [0.2, 0.25) is 0 Å². The minimum absolute atomic E-state index is 0.0769. The highest BCUT2D eigenvalue weighted by atomic mass is 32.2. The van der Waals surface area contributed by atoms with Crippen molar-refractivity contribution in [1.82, 2.24) is 9.97 Å². The van der Waals surface area contributed by atoms with Gasteiger partial charge in [0.25, 0.3) is 5.56 Å². The third kappa shape index (κ3) is 3.49. The molecule has 0 amide bonds. The van der Waals surface area contributed by atoms with Gasteiger partial charge in [0.05, 0.1) is 0 Å². The number of hydrogen-bond donors (Lipinski definition) is 2. The van der Waals surface area contributed by atoms with Gasteiger partial charge in [-0.2, -0.15) is 11.8 Å². The van der Waals surface area contributed by atoms with Crippen molar-refractivity contribution in [2.75, 3.05) is 23.4 Å². The molecule has 2 rings (SSSR count). The standard InChI is InChI=1S/C12H19N3OS/c1-8(2)12-14-10(5-11(16)15-12)13-6-9-3-4-17-7-9/h5,8-9H,3-4,6-7H2,1-2H3,(H2,13,14,15,16). The smallest absolute Gasteiger partial charge is 0.252 e. The first-order chi connectivity index (χ1) is 8.15. The Hall–Kier alpha value is -0.970. The van der Waals surface area contributed by atoms with Gasteiger partial charge in [0, 0.05) is 18.5 Å². The molecule has 1 aromatic rings. The normalized spacial score (nSPS) is 19.8. The van der Waals surface area contributed by atoms with Gasteiger partial charge in [-0.1, -0.05) is 13.8 Å². The van der Waals surface area contributed by atoms with E-state index in [1.165, 1.54) is 24.0 Å². The van der Waals surface area contributed by atoms with Gasteiger partial charge in [0.15, 0.2) is 0 Å². The molecule has 4 nitrogen and oxygen atoms in total. The van der Waals surface area contributed by atoms with Crippen LogP contribution in [0, 0.1) is 5.92 Å². The molecule has 1 saturated heterocycles. The molecule has 17 heavy (non-hydrogen) atoms. The lowest BCUT2D eigenvalue weighted by Crippen LogP contribution is -2.18. The molecule has 0 bridgehead atoms. The molecule has 5 heteroatoms. The van der Waals surface area contributed by atoms with Crippen molar-refractivity contribution in [3.63, 3.8) is 0 Å². The van der Waals surface area contributed by atoms with Crippen molar-refractivity contribution in [1.29, 1.82) is 0 Å². The Bertz CT molecular complexity index is 424. The molecule has 0 aliphatic carbocycles. The van der Waals surface area contributed by atoms with Crippen LogP contribution < -0.4 is 10.9 Å². The average Bonchev–Trinajstić information content (AvgIpc) is 2.78. The summed E-state index contributed by atoms with van der Waals surface area (Å²) in [6, 6.07) is 1.54. The van der Waals surface area contributed by atoms with Crippen LogP contribution in [0.25, 0.3) is 0 Å². The number of nitrogens with one attached hydrogen (secondary N) is 2. The van der Waals surface area contributed by atoms with Gasteiger partial charge in [-0.25, -0.2) is 4.98 Å². The van der Waals surface area contributed by atoms with E-state index in [-0.39, 0.29) is 11.5 Å². The minimum atomic E-state index is -0.0769. The van der Waals surface area contributed by atoms with Gasteiger partial charge >= 0.3 is 0 Å². The summed E-state index contributed by atoms with van der Waals surface area (Å²) in [6.07, 6.45) is 1.26. The highest BCUT2D eigenvalue weighted by Crippen LogP contribution is 2.23. The topological polar surface area (TPSA) is 57.8 Å². The second-order valence-electron chi connectivity index (χ2n) is 4.78. The molecule has 0 spiro atoms. The molecule has 0 aromatic carbocycles. The fourth-order valence-electron chi connectivity index (χ4n) is 1.83. The molecule has 1 unspecified atom stereocenters. The number of anilines is 1. The number of nitrogens with zero attached hydrogens (tertiary/aromatic N) is 1. The number of rotatable bonds is 4. The Labute approximate surface area is 106 Å². The molecule has 2 heterocycles. The van der Waals surface area contributed by atoms with Crippen LogP contribution >= 0.6 is 11.8 Å². The zero-order valence-corrected chi connectivity index (χ0v) is 11.1. The third-order valence-corrected chi connectivity index (χ3v) is 4.13. The Balaban J connectivity index is 2.02. The van der Waals surface area contributed by atoms with Crippen LogP contribution in [0.1, 0.15) is 32.0 Å². The van der Waals surface area contributed by atoms with Gasteiger partial charge in [-0.05, 0) is 23.8 Å². The molecule has 1 atom stereocenters. The summed E-state index contributed by atoms with van der Waals surface area (Å²) >= 11 is 2.00. The fourth-order valence-corrected chi connectivity index (χ4v) is 3.12. The predicted octanol–water partition coefficient (Wildman–Crippen LogP) is 2.06. The molecule has 0 radical (unpaired) electrons. The van der Waals surface area contributed by atoms with Crippen molar-refractivity contribution in [2.45, 2.75) is 26.2 Å². The Kier molecular flexibility index (Phi) is 4.10. The Morgan fingerprint density at radius 1 is 1.65 bits per heavy atom. The van der Waals surface area contributed by atoms with E-state index < -0.39 is 0 Å². The number of H-pyrrole nitrogens is 1. The summed E-state index contributed by atoms with van der Waals surface area (Å²) in [5.41, 5.74) is -0.0769. The third-order valence-electron chi connectivity index (χ3n) is 2.90. The van der Waals surface area contributed by atoms with Crippen molar-refractivity contribution >= 4 is 17.6 Å². The molecule has 1 aliphatic heterocycles. The van der Waals surface area contributed by atoms with Gasteiger partial charge in [-0.3, -0.25) is 4.79 Å². The number of thioether (sulfide) groups is 1. The van der Waals surface area contributed by atoms with Gasteiger partial charge in [0.1, 0.15) is 11.6 Å². The monoisotopic (exact) mass is 253 g/mol. The number of hydrogen-bond acceptors (Lipinski definition) is 4. The number of aromatic nitrogens is 2. The van der Waals surface area contributed by atoms with Crippen LogP contribution in [-0.4, -0.2) is 28.0 Å². The Morgan fingerprint density at radius 3 is 3.12 bits per heavy atom. The highest BCUT2D eigenvalue weighted by molar-refractivity contribution is 7.99. The van der Waals surface area contributed by atoms with Crippen LogP contribution in [-0.2, 0) is 0 Å². The summed E-state index contributed by atoms with van der Waals surface area (Å²) in [4.78, 5) is 18.7.